The Kier molecular flexibility index (Phi) is 5.15. The van der Waals surface area contributed by atoms with Gasteiger partial charge in [0.05, 0.1) is 12.6 Å². The minimum atomic E-state index is -0.539. The van der Waals surface area contributed by atoms with Crippen LogP contribution in [0.1, 0.15) is 34.1 Å². The molecule has 0 saturated heterocycles. The predicted octanol–water partition coefficient (Wildman–Crippen LogP) is 2.33. The van der Waals surface area contributed by atoms with E-state index in [2.05, 4.69) is 5.32 Å². The van der Waals surface area contributed by atoms with Crippen molar-refractivity contribution >= 4 is 12.1 Å². The zero-order valence-electron chi connectivity index (χ0n) is 11.9. The van der Waals surface area contributed by atoms with Crippen molar-refractivity contribution in [2.75, 3.05) is 6.61 Å². The minimum Gasteiger partial charge on any atom is -0.463 e. The number of ether oxygens (including phenoxy) is 2. The molecule has 0 heterocycles. The minimum absolute atomic E-state index is 0.251. The standard InChI is InChI=1S/C14H21NO4/c1-5-18-12(16)10-7-6-8-11(9-10)15-13(17)19-14(2,3)4/h6-8,11H,5,9H2,1-4H3,(H,15,17). The Hall–Kier alpha value is -1.78. The Labute approximate surface area is 113 Å². The lowest BCUT2D eigenvalue weighted by Crippen LogP contribution is -2.39. The number of nitrogens with one attached hydrogen (secondary N) is 1. The molecule has 1 atom stereocenters. The molecule has 1 N–H and O–H groups in total. The zero-order valence-corrected chi connectivity index (χ0v) is 11.9. The lowest BCUT2D eigenvalue weighted by Gasteiger charge is -2.23. The summed E-state index contributed by atoms with van der Waals surface area (Å²) < 4.78 is 10.1. The maximum Gasteiger partial charge on any atom is 0.408 e. The second kappa shape index (κ2) is 6.41. The molecule has 1 aliphatic rings. The van der Waals surface area contributed by atoms with Gasteiger partial charge in [-0.25, -0.2) is 9.59 Å². The third-order valence-electron chi connectivity index (χ3n) is 2.32. The summed E-state index contributed by atoms with van der Waals surface area (Å²) in [6.07, 6.45) is 5.16. The molecule has 0 spiro atoms. The normalized spacial score (nSPS) is 18.5. The molecule has 0 aromatic rings. The number of hydrogen-bond donors (Lipinski definition) is 1. The van der Waals surface area contributed by atoms with Crippen molar-refractivity contribution in [1.82, 2.24) is 5.32 Å². The number of hydrogen-bond acceptors (Lipinski definition) is 4. The summed E-state index contributed by atoms with van der Waals surface area (Å²) in [5.74, 6) is -0.345. The van der Waals surface area contributed by atoms with Gasteiger partial charge >= 0.3 is 12.1 Å². The van der Waals surface area contributed by atoms with Crippen LogP contribution in [0.15, 0.2) is 23.8 Å². The molecule has 0 aromatic heterocycles. The zero-order chi connectivity index (χ0) is 14.5. The Morgan fingerprint density at radius 3 is 2.68 bits per heavy atom. The predicted molar refractivity (Wildman–Crippen MR) is 71.6 cm³/mol. The largest absolute Gasteiger partial charge is 0.463 e. The van der Waals surface area contributed by atoms with Gasteiger partial charge in [-0.3, -0.25) is 0 Å². The molecule has 0 saturated carbocycles. The van der Waals surface area contributed by atoms with Crippen molar-refractivity contribution in [2.24, 2.45) is 0 Å². The fraction of sp³-hybridized carbons (Fsp3) is 0.571. The van der Waals surface area contributed by atoms with Crippen LogP contribution in [0.2, 0.25) is 0 Å². The molecule has 0 radical (unpaired) electrons. The van der Waals surface area contributed by atoms with Crippen LogP contribution < -0.4 is 5.32 Å². The Balaban J connectivity index is 2.51. The van der Waals surface area contributed by atoms with Crippen LogP contribution in [-0.2, 0) is 14.3 Å². The smallest absolute Gasteiger partial charge is 0.408 e. The van der Waals surface area contributed by atoms with Gasteiger partial charge in [-0.1, -0.05) is 18.2 Å². The first-order chi connectivity index (χ1) is 8.81. The van der Waals surface area contributed by atoms with Crippen LogP contribution in [0, 0.1) is 0 Å². The molecule has 1 rings (SSSR count). The van der Waals surface area contributed by atoms with Crippen molar-refractivity contribution in [1.29, 1.82) is 0 Å². The van der Waals surface area contributed by atoms with Crippen LogP contribution in [-0.4, -0.2) is 30.3 Å². The third-order valence-corrected chi connectivity index (χ3v) is 2.32. The average Bonchev–Trinajstić information content (AvgIpc) is 2.27. The van der Waals surface area contributed by atoms with Crippen LogP contribution in [0.4, 0.5) is 4.79 Å². The molecule has 0 aromatic carbocycles. The summed E-state index contributed by atoms with van der Waals surface area (Å²) in [4.78, 5) is 23.2. The molecule has 106 valence electrons. The summed E-state index contributed by atoms with van der Waals surface area (Å²) >= 11 is 0. The summed E-state index contributed by atoms with van der Waals surface area (Å²) in [6.45, 7) is 7.49. The Morgan fingerprint density at radius 2 is 2.11 bits per heavy atom. The van der Waals surface area contributed by atoms with E-state index < -0.39 is 11.7 Å². The Bertz CT molecular complexity index is 404. The van der Waals surface area contributed by atoms with Crippen LogP contribution >= 0.6 is 0 Å². The van der Waals surface area contributed by atoms with Gasteiger partial charge in [-0.2, -0.15) is 0 Å². The van der Waals surface area contributed by atoms with Crippen molar-refractivity contribution < 1.29 is 19.1 Å². The molecule has 0 fully saturated rings. The molecule has 5 nitrogen and oxygen atoms in total. The molecule has 19 heavy (non-hydrogen) atoms. The summed E-state index contributed by atoms with van der Waals surface area (Å²) in [5.41, 5.74) is 0.00726. The van der Waals surface area contributed by atoms with Gasteiger partial charge in [0.1, 0.15) is 5.60 Å². The molecule has 0 aliphatic heterocycles. The summed E-state index contributed by atoms with van der Waals surface area (Å²) in [6, 6.07) is -0.251. The Morgan fingerprint density at radius 1 is 1.42 bits per heavy atom. The van der Waals surface area contributed by atoms with Crippen molar-refractivity contribution in [3.05, 3.63) is 23.8 Å². The maximum atomic E-state index is 11.6. The fourth-order valence-electron chi connectivity index (χ4n) is 1.61. The van der Waals surface area contributed by atoms with E-state index in [0.717, 1.165) is 0 Å². The summed E-state index contributed by atoms with van der Waals surface area (Å²) in [5, 5.41) is 2.71. The lowest BCUT2D eigenvalue weighted by molar-refractivity contribution is -0.138. The van der Waals surface area contributed by atoms with Crippen molar-refractivity contribution in [3.63, 3.8) is 0 Å². The first-order valence-corrected chi connectivity index (χ1v) is 6.36. The highest BCUT2D eigenvalue weighted by molar-refractivity contribution is 5.89. The van der Waals surface area contributed by atoms with Crippen LogP contribution in [0.3, 0.4) is 0 Å². The highest BCUT2D eigenvalue weighted by atomic mass is 16.6. The van der Waals surface area contributed by atoms with Crippen LogP contribution in [0.5, 0.6) is 0 Å². The van der Waals surface area contributed by atoms with E-state index in [1.807, 2.05) is 6.08 Å². The number of carbonyl (C=O) groups is 2. The van der Waals surface area contributed by atoms with E-state index in [0.29, 0.717) is 18.6 Å². The topological polar surface area (TPSA) is 64.6 Å². The first-order valence-electron chi connectivity index (χ1n) is 6.36. The van der Waals surface area contributed by atoms with Crippen molar-refractivity contribution in [3.8, 4) is 0 Å². The highest BCUT2D eigenvalue weighted by Gasteiger charge is 2.22. The van der Waals surface area contributed by atoms with E-state index in [-0.39, 0.29) is 12.0 Å². The SMILES string of the molecule is CCOC(=O)C1=CC=CC(NC(=O)OC(C)(C)C)C1. The number of allylic oxidation sites excluding steroid dienone is 2. The van der Waals surface area contributed by atoms with E-state index in [1.165, 1.54) is 0 Å². The quantitative estimate of drug-likeness (QED) is 0.797. The van der Waals surface area contributed by atoms with Gasteiger partial charge < -0.3 is 14.8 Å². The van der Waals surface area contributed by atoms with Gasteiger partial charge in [0, 0.05) is 12.0 Å². The lowest BCUT2D eigenvalue weighted by atomic mass is 10.0. The number of rotatable bonds is 3. The average molecular weight is 267 g/mol. The number of carbonyl (C=O) groups excluding carboxylic acids is 2. The van der Waals surface area contributed by atoms with Gasteiger partial charge in [0.15, 0.2) is 0 Å². The number of alkyl carbamates (subject to hydrolysis) is 1. The number of esters is 1. The molecule has 0 bridgehead atoms. The van der Waals surface area contributed by atoms with Gasteiger partial charge in [-0.15, -0.1) is 0 Å². The second-order valence-corrected chi connectivity index (χ2v) is 5.25. The molecule has 5 heteroatoms. The molecule has 1 unspecified atom stereocenters. The summed E-state index contributed by atoms with van der Waals surface area (Å²) in [7, 11) is 0. The number of amides is 1. The molecule has 1 aliphatic carbocycles. The maximum absolute atomic E-state index is 11.6. The van der Waals surface area contributed by atoms with Gasteiger partial charge in [-0.05, 0) is 27.7 Å². The first kappa shape index (κ1) is 15.3. The second-order valence-electron chi connectivity index (χ2n) is 5.25. The van der Waals surface area contributed by atoms with E-state index >= 15 is 0 Å². The van der Waals surface area contributed by atoms with E-state index in [9.17, 15) is 9.59 Å². The molecular weight excluding hydrogens is 246 g/mol. The van der Waals surface area contributed by atoms with Crippen LogP contribution in [0.25, 0.3) is 0 Å². The fourth-order valence-corrected chi connectivity index (χ4v) is 1.61. The molecule has 1 amide bonds. The molecular formula is C14H21NO4. The highest BCUT2D eigenvalue weighted by Crippen LogP contribution is 2.15. The van der Waals surface area contributed by atoms with Gasteiger partial charge in [0.2, 0.25) is 0 Å². The van der Waals surface area contributed by atoms with Crippen molar-refractivity contribution in [2.45, 2.75) is 45.8 Å². The third kappa shape index (κ3) is 5.59. The van der Waals surface area contributed by atoms with E-state index in [1.54, 1.807) is 39.8 Å². The monoisotopic (exact) mass is 267 g/mol. The van der Waals surface area contributed by atoms with Gasteiger partial charge in [0.25, 0.3) is 0 Å². The van der Waals surface area contributed by atoms with E-state index in [4.69, 9.17) is 9.47 Å².